The van der Waals surface area contributed by atoms with Crippen LogP contribution >= 0.6 is 23.2 Å². The zero-order chi connectivity index (χ0) is 12.4. The standard InChI is InChI=1S/C12H12Cl2N2O/c1-2-16-11(10(14)7-15-16)12(17)8-5-3-4-6-9(8)13/h3-7,12,17H,2H2,1H3. The van der Waals surface area contributed by atoms with Gasteiger partial charge in [0.05, 0.1) is 16.9 Å². The van der Waals surface area contributed by atoms with Crippen molar-refractivity contribution in [3.05, 3.63) is 51.8 Å². The van der Waals surface area contributed by atoms with Crippen molar-refractivity contribution < 1.29 is 5.11 Å². The molecule has 1 aromatic carbocycles. The Morgan fingerprint density at radius 1 is 1.29 bits per heavy atom. The summed E-state index contributed by atoms with van der Waals surface area (Å²) in [5, 5.41) is 15.4. The molecule has 0 aliphatic rings. The Balaban J connectivity index is 2.47. The van der Waals surface area contributed by atoms with E-state index >= 15 is 0 Å². The molecule has 1 aromatic heterocycles. The number of aryl methyl sites for hydroxylation is 1. The number of aromatic nitrogens is 2. The molecule has 2 rings (SSSR count). The molecule has 5 heteroatoms. The van der Waals surface area contributed by atoms with E-state index in [4.69, 9.17) is 23.2 Å². The van der Waals surface area contributed by atoms with Gasteiger partial charge in [-0.25, -0.2) is 0 Å². The fourth-order valence-electron chi connectivity index (χ4n) is 1.74. The van der Waals surface area contributed by atoms with Crippen molar-refractivity contribution in [1.29, 1.82) is 0 Å². The lowest BCUT2D eigenvalue weighted by atomic mass is 10.1. The fraction of sp³-hybridized carbons (Fsp3) is 0.250. The highest BCUT2D eigenvalue weighted by Crippen LogP contribution is 2.31. The van der Waals surface area contributed by atoms with E-state index < -0.39 is 6.10 Å². The molecular weight excluding hydrogens is 259 g/mol. The highest BCUT2D eigenvalue weighted by Gasteiger charge is 2.20. The molecule has 0 aliphatic carbocycles. The number of aliphatic hydroxyl groups excluding tert-OH is 1. The van der Waals surface area contributed by atoms with Crippen LogP contribution in [0.4, 0.5) is 0 Å². The topological polar surface area (TPSA) is 38.0 Å². The Labute approximate surface area is 110 Å². The molecule has 0 fully saturated rings. The first-order valence-electron chi connectivity index (χ1n) is 5.28. The molecule has 0 aliphatic heterocycles. The van der Waals surface area contributed by atoms with Gasteiger partial charge in [-0.05, 0) is 13.0 Å². The highest BCUT2D eigenvalue weighted by atomic mass is 35.5. The maximum absolute atomic E-state index is 10.3. The number of hydrogen-bond acceptors (Lipinski definition) is 2. The van der Waals surface area contributed by atoms with Crippen molar-refractivity contribution in [2.45, 2.75) is 19.6 Å². The first-order chi connectivity index (χ1) is 8.15. The smallest absolute Gasteiger partial charge is 0.124 e. The minimum absolute atomic E-state index is 0.444. The second kappa shape index (κ2) is 5.08. The molecular formula is C12H12Cl2N2O. The fourth-order valence-corrected chi connectivity index (χ4v) is 2.22. The number of halogens is 2. The first-order valence-corrected chi connectivity index (χ1v) is 6.04. The minimum Gasteiger partial charge on any atom is -0.382 e. The summed E-state index contributed by atoms with van der Waals surface area (Å²) in [4.78, 5) is 0. The van der Waals surface area contributed by atoms with Crippen LogP contribution in [0, 0.1) is 0 Å². The summed E-state index contributed by atoms with van der Waals surface area (Å²) in [6.45, 7) is 2.58. The number of aliphatic hydroxyl groups is 1. The predicted molar refractivity (Wildman–Crippen MR) is 68.4 cm³/mol. The van der Waals surface area contributed by atoms with E-state index in [2.05, 4.69) is 5.10 Å². The maximum atomic E-state index is 10.3. The van der Waals surface area contributed by atoms with Crippen LogP contribution in [-0.4, -0.2) is 14.9 Å². The monoisotopic (exact) mass is 270 g/mol. The van der Waals surface area contributed by atoms with Crippen LogP contribution in [0.3, 0.4) is 0 Å². The van der Waals surface area contributed by atoms with Crippen LogP contribution in [0.25, 0.3) is 0 Å². The predicted octanol–water partition coefficient (Wildman–Crippen LogP) is 3.29. The molecule has 1 N–H and O–H groups in total. The lowest BCUT2D eigenvalue weighted by molar-refractivity contribution is 0.208. The summed E-state index contributed by atoms with van der Waals surface area (Å²) < 4.78 is 1.66. The van der Waals surface area contributed by atoms with Gasteiger partial charge < -0.3 is 5.11 Å². The van der Waals surface area contributed by atoms with Gasteiger partial charge in [-0.2, -0.15) is 5.10 Å². The zero-order valence-electron chi connectivity index (χ0n) is 9.27. The van der Waals surface area contributed by atoms with E-state index in [0.29, 0.717) is 27.8 Å². The second-order valence-corrected chi connectivity index (χ2v) is 4.43. The quantitative estimate of drug-likeness (QED) is 0.930. The van der Waals surface area contributed by atoms with Crippen molar-refractivity contribution in [2.24, 2.45) is 0 Å². The Morgan fingerprint density at radius 3 is 2.65 bits per heavy atom. The third kappa shape index (κ3) is 2.32. The molecule has 1 atom stereocenters. The van der Waals surface area contributed by atoms with Gasteiger partial charge in [-0.15, -0.1) is 0 Å². The Morgan fingerprint density at radius 2 is 2.00 bits per heavy atom. The number of hydrogen-bond donors (Lipinski definition) is 1. The molecule has 0 amide bonds. The Hall–Kier alpha value is -1.03. The second-order valence-electron chi connectivity index (χ2n) is 3.62. The van der Waals surface area contributed by atoms with E-state index in [1.54, 1.807) is 16.8 Å². The van der Waals surface area contributed by atoms with Crippen molar-refractivity contribution in [3.8, 4) is 0 Å². The summed E-state index contributed by atoms with van der Waals surface area (Å²) in [5.41, 5.74) is 1.20. The summed E-state index contributed by atoms with van der Waals surface area (Å²) in [6.07, 6.45) is 0.666. The van der Waals surface area contributed by atoms with Crippen LogP contribution < -0.4 is 0 Å². The van der Waals surface area contributed by atoms with E-state index in [1.165, 1.54) is 6.20 Å². The lowest BCUT2D eigenvalue weighted by Crippen LogP contribution is -2.09. The van der Waals surface area contributed by atoms with Crippen LogP contribution in [-0.2, 0) is 6.54 Å². The van der Waals surface area contributed by atoms with Crippen LogP contribution in [0.15, 0.2) is 30.5 Å². The highest BCUT2D eigenvalue weighted by molar-refractivity contribution is 6.32. The van der Waals surface area contributed by atoms with Crippen molar-refractivity contribution in [3.63, 3.8) is 0 Å². The Kier molecular flexibility index (Phi) is 3.72. The third-order valence-electron chi connectivity index (χ3n) is 2.59. The Bertz CT molecular complexity index is 525. The van der Waals surface area contributed by atoms with Gasteiger partial charge in [0.2, 0.25) is 0 Å². The third-order valence-corrected chi connectivity index (χ3v) is 3.23. The van der Waals surface area contributed by atoms with Crippen LogP contribution in [0.5, 0.6) is 0 Å². The SMILES string of the molecule is CCn1ncc(Cl)c1C(O)c1ccccc1Cl. The van der Waals surface area contributed by atoms with Gasteiger partial charge in [0.15, 0.2) is 0 Å². The summed E-state index contributed by atoms with van der Waals surface area (Å²) in [6, 6.07) is 7.15. The molecule has 1 unspecified atom stereocenters. The molecule has 0 spiro atoms. The lowest BCUT2D eigenvalue weighted by Gasteiger charge is -2.14. The molecule has 1 heterocycles. The van der Waals surface area contributed by atoms with E-state index in [1.807, 2.05) is 19.1 Å². The molecule has 2 aromatic rings. The molecule has 0 saturated heterocycles. The molecule has 17 heavy (non-hydrogen) atoms. The van der Waals surface area contributed by atoms with Crippen molar-refractivity contribution in [1.82, 2.24) is 9.78 Å². The molecule has 0 saturated carbocycles. The van der Waals surface area contributed by atoms with Crippen molar-refractivity contribution in [2.75, 3.05) is 0 Å². The van der Waals surface area contributed by atoms with Gasteiger partial charge in [0.25, 0.3) is 0 Å². The van der Waals surface area contributed by atoms with E-state index in [9.17, 15) is 5.11 Å². The number of nitrogens with zero attached hydrogens (tertiary/aromatic N) is 2. The average Bonchev–Trinajstić information content (AvgIpc) is 2.70. The molecule has 3 nitrogen and oxygen atoms in total. The van der Waals surface area contributed by atoms with Gasteiger partial charge >= 0.3 is 0 Å². The van der Waals surface area contributed by atoms with Gasteiger partial charge in [0.1, 0.15) is 6.10 Å². The first kappa shape index (κ1) is 12.4. The van der Waals surface area contributed by atoms with Gasteiger partial charge in [0, 0.05) is 17.1 Å². The number of benzene rings is 1. The van der Waals surface area contributed by atoms with E-state index in [-0.39, 0.29) is 0 Å². The molecule has 0 bridgehead atoms. The number of rotatable bonds is 3. The zero-order valence-corrected chi connectivity index (χ0v) is 10.8. The maximum Gasteiger partial charge on any atom is 0.124 e. The van der Waals surface area contributed by atoms with Crippen molar-refractivity contribution >= 4 is 23.2 Å². The minimum atomic E-state index is -0.862. The normalized spacial score (nSPS) is 12.7. The molecule has 90 valence electrons. The van der Waals surface area contributed by atoms with E-state index in [0.717, 1.165) is 0 Å². The van der Waals surface area contributed by atoms with Gasteiger partial charge in [-0.1, -0.05) is 41.4 Å². The van der Waals surface area contributed by atoms with Crippen LogP contribution in [0.1, 0.15) is 24.3 Å². The summed E-state index contributed by atoms with van der Waals surface area (Å²) in [7, 11) is 0. The summed E-state index contributed by atoms with van der Waals surface area (Å²) in [5.74, 6) is 0. The summed E-state index contributed by atoms with van der Waals surface area (Å²) >= 11 is 12.1. The largest absolute Gasteiger partial charge is 0.382 e. The average molecular weight is 271 g/mol. The van der Waals surface area contributed by atoms with Crippen LogP contribution in [0.2, 0.25) is 10.0 Å². The molecule has 0 radical (unpaired) electrons. The van der Waals surface area contributed by atoms with Gasteiger partial charge in [-0.3, -0.25) is 4.68 Å².